The Morgan fingerprint density at radius 2 is 1.89 bits per heavy atom. The molecule has 2 N–H and O–H groups in total. The normalized spacial score (nSPS) is 20.1. The van der Waals surface area contributed by atoms with Crippen molar-refractivity contribution in [2.75, 3.05) is 13.7 Å². The highest BCUT2D eigenvalue weighted by molar-refractivity contribution is 6.01. The summed E-state index contributed by atoms with van der Waals surface area (Å²) in [7, 11) is 1.63. The zero-order chi connectivity index (χ0) is 25.7. The van der Waals surface area contributed by atoms with E-state index in [4.69, 9.17) is 4.74 Å². The van der Waals surface area contributed by atoms with E-state index < -0.39 is 5.54 Å². The number of amides is 3. The first-order valence-corrected chi connectivity index (χ1v) is 13.0. The summed E-state index contributed by atoms with van der Waals surface area (Å²) in [5.74, 6) is -0.0743. The van der Waals surface area contributed by atoms with Crippen LogP contribution in [0.3, 0.4) is 0 Å². The van der Waals surface area contributed by atoms with E-state index in [1.165, 1.54) is 22.1 Å². The first kappa shape index (κ1) is 25.7. The minimum atomic E-state index is -1.08. The molecule has 194 valence electrons. The number of unbranched alkanes of at least 4 members (excludes halogenated alkanes) is 1. The molecule has 0 saturated heterocycles. The van der Waals surface area contributed by atoms with Crippen molar-refractivity contribution in [3.05, 3.63) is 47.3 Å². The second kappa shape index (κ2) is 11.1. The van der Waals surface area contributed by atoms with E-state index in [0.29, 0.717) is 18.8 Å². The van der Waals surface area contributed by atoms with E-state index >= 15 is 0 Å². The number of nitrogens with one attached hydrogen (secondary N) is 2. The summed E-state index contributed by atoms with van der Waals surface area (Å²) in [6, 6.07) is 9.24. The molecule has 1 saturated carbocycles. The van der Waals surface area contributed by atoms with Gasteiger partial charge in [0.05, 0.1) is 13.2 Å². The molecule has 1 unspecified atom stereocenters. The van der Waals surface area contributed by atoms with E-state index in [2.05, 4.69) is 22.7 Å². The molecule has 0 spiro atoms. The number of likely N-dealkylation sites (N-methyl/N-ethyl adjacent to an activating group) is 1. The van der Waals surface area contributed by atoms with E-state index in [1.807, 2.05) is 24.3 Å². The standard InChI is InChI=1S/C27H37N5O4/c1-4-5-15-36-21-13-11-19(12-14-21)17-28-24(33)22-16-23-25(34)31(3)27(2,18-32(23)30-22)26(35)29-20-9-7-6-8-10-20/h11-14,16,20H,4-10,15,17-18H2,1-3H3,(H,28,33)(H,29,35). The van der Waals surface area contributed by atoms with Crippen LogP contribution in [-0.4, -0.2) is 57.6 Å². The molecule has 2 heterocycles. The van der Waals surface area contributed by atoms with Crippen LogP contribution in [0, 0.1) is 0 Å². The molecular formula is C27H37N5O4. The van der Waals surface area contributed by atoms with Gasteiger partial charge in [0.1, 0.15) is 17.0 Å². The van der Waals surface area contributed by atoms with Crippen molar-refractivity contribution in [1.29, 1.82) is 0 Å². The molecule has 9 heteroatoms. The number of ether oxygens (including phenoxy) is 1. The fourth-order valence-electron chi connectivity index (χ4n) is 4.74. The first-order valence-electron chi connectivity index (χ1n) is 13.0. The molecule has 2 aromatic rings. The zero-order valence-electron chi connectivity index (χ0n) is 21.5. The molecule has 1 fully saturated rings. The lowest BCUT2D eigenvalue weighted by atomic mass is 9.92. The van der Waals surface area contributed by atoms with Gasteiger partial charge < -0.3 is 20.3 Å². The van der Waals surface area contributed by atoms with Crippen LogP contribution in [-0.2, 0) is 17.9 Å². The number of carbonyl (C=O) groups excluding carboxylic acids is 3. The van der Waals surface area contributed by atoms with Crippen molar-refractivity contribution < 1.29 is 19.1 Å². The van der Waals surface area contributed by atoms with Gasteiger partial charge in [-0.05, 0) is 43.9 Å². The van der Waals surface area contributed by atoms with Crippen LogP contribution in [0.1, 0.15) is 85.3 Å². The van der Waals surface area contributed by atoms with Crippen LogP contribution in [0.25, 0.3) is 0 Å². The lowest BCUT2D eigenvalue weighted by Crippen LogP contribution is -2.63. The average Bonchev–Trinajstić information content (AvgIpc) is 3.31. The van der Waals surface area contributed by atoms with Crippen molar-refractivity contribution in [3.63, 3.8) is 0 Å². The van der Waals surface area contributed by atoms with Crippen molar-refractivity contribution >= 4 is 17.7 Å². The Balaban J connectivity index is 1.39. The van der Waals surface area contributed by atoms with Crippen molar-refractivity contribution in [1.82, 2.24) is 25.3 Å². The van der Waals surface area contributed by atoms with Crippen LogP contribution in [0.5, 0.6) is 5.75 Å². The van der Waals surface area contributed by atoms with Gasteiger partial charge in [0.15, 0.2) is 5.69 Å². The zero-order valence-corrected chi connectivity index (χ0v) is 21.5. The van der Waals surface area contributed by atoms with Gasteiger partial charge in [-0.15, -0.1) is 0 Å². The van der Waals surface area contributed by atoms with Crippen LogP contribution in [0.2, 0.25) is 0 Å². The molecule has 36 heavy (non-hydrogen) atoms. The molecular weight excluding hydrogens is 458 g/mol. The summed E-state index contributed by atoms with van der Waals surface area (Å²) in [6.07, 6.45) is 7.43. The number of benzene rings is 1. The van der Waals surface area contributed by atoms with Crippen LogP contribution < -0.4 is 15.4 Å². The van der Waals surface area contributed by atoms with Gasteiger partial charge in [0, 0.05) is 25.7 Å². The number of aromatic nitrogens is 2. The molecule has 9 nitrogen and oxygen atoms in total. The Labute approximate surface area is 212 Å². The SMILES string of the molecule is CCCCOc1ccc(CNC(=O)c2cc3n(n2)CC(C)(C(=O)NC2CCCCC2)N(C)C3=O)cc1. The van der Waals surface area contributed by atoms with Gasteiger partial charge in [-0.3, -0.25) is 19.1 Å². The van der Waals surface area contributed by atoms with E-state index in [0.717, 1.165) is 49.8 Å². The van der Waals surface area contributed by atoms with Crippen molar-refractivity contribution in [3.8, 4) is 5.75 Å². The molecule has 2 aliphatic rings. The van der Waals surface area contributed by atoms with Gasteiger partial charge >= 0.3 is 0 Å². The molecule has 1 aromatic heterocycles. The third-order valence-electron chi connectivity index (χ3n) is 7.31. The molecule has 0 bridgehead atoms. The molecule has 4 rings (SSSR count). The molecule has 1 aromatic carbocycles. The van der Waals surface area contributed by atoms with Gasteiger partial charge in [-0.25, -0.2) is 0 Å². The molecule has 1 aliphatic heterocycles. The summed E-state index contributed by atoms with van der Waals surface area (Å²) < 4.78 is 7.16. The maximum Gasteiger partial charge on any atom is 0.272 e. The summed E-state index contributed by atoms with van der Waals surface area (Å²) in [6.45, 7) is 5.07. The maximum absolute atomic E-state index is 13.2. The predicted molar refractivity (Wildman–Crippen MR) is 136 cm³/mol. The predicted octanol–water partition coefficient (Wildman–Crippen LogP) is 3.29. The Kier molecular flexibility index (Phi) is 7.96. The summed E-state index contributed by atoms with van der Waals surface area (Å²) in [5, 5.41) is 10.4. The topological polar surface area (TPSA) is 106 Å². The summed E-state index contributed by atoms with van der Waals surface area (Å²) in [5.41, 5.74) is 0.308. The number of nitrogens with zero attached hydrogens (tertiary/aromatic N) is 3. The highest BCUT2D eigenvalue weighted by Crippen LogP contribution is 2.27. The van der Waals surface area contributed by atoms with Gasteiger partial charge in [0.2, 0.25) is 5.91 Å². The quantitative estimate of drug-likeness (QED) is 0.520. The number of hydrogen-bond acceptors (Lipinski definition) is 5. The van der Waals surface area contributed by atoms with Crippen molar-refractivity contribution in [2.24, 2.45) is 0 Å². The first-order chi connectivity index (χ1) is 17.3. The lowest BCUT2D eigenvalue weighted by molar-refractivity contribution is -0.133. The summed E-state index contributed by atoms with van der Waals surface area (Å²) in [4.78, 5) is 40.6. The smallest absolute Gasteiger partial charge is 0.272 e. The minimum Gasteiger partial charge on any atom is -0.494 e. The highest BCUT2D eigenvalue weighted by atomic mass is 16.5. The Morgan fingerprint density at radius 3 is 2.58 bits per heavy atom. The second-order valence-corrected chi connectivity index (χ2v) is 10.0. The van der Waals surface area contributed by atoms with Crippen LogP contribution in [0.15, 0.2) is 30.3 Å². The number of rotatable bonds is 9. The molecule has 3 amide bonds. The van der Waals surface area contributed by atoms with Gasteiger partial charge in [-0.1, -0.05) is 44.7 Å². The Morgan fingerprint density at radius 1 is 1.17 bits per heavy atom. The van der Waals surface area contributed by atoms with Crippen LogP contribution in [0.4, 0.5) is 0 Å². The fourth-order valence-corrected chi connectivity index (χ4v) is 4.74. The number of fused-ring (bicyclic) bond motifs is 1. The fraction of sp³-hybridized carbons (Fsp3) is 0.556. The van der Waals surface area contributed by atoms with Gasteiger partial charge in [0.25, 0.3) is 11.8 Å². The highest BCUT2D eigenvalue weighted by Gasteiger charge is 2.46. The number of carbonyl (C=O) groups is 3. The van der Waals surface area contributed by atoms with Crippen LogP contribution >= 0.6 is 0 Å². The third-order valence-corrected chi connectivity index (χ3v) is 7.31. The van der Waals surface area contributed by atoms with Gasteiger partial charge in [-0.2, -0.15) is 5.10 Å². The Bertz CT molecular complexity index is 1090. The molecule has 1 atom stereocenters. The number of hydrogen-bond donors (Lipinski definition) is 2. The second-order valence-electron chi connectivity index (χ2n) is 10.0. The maximum atomic E-state index is 13.2. The van der Waals surface area contributed by atoms with Crippen molar-refractivity contribution in [2.45, 2.75) is 83.5 Å². The third kappa shape index (κ3) is 5.55. The van der Waals surface area contributed by atoms with E-state index in [-0.39, 0.29) is 36.0 Å². The summed E-state index contributed by atoms with van der Waals surface area (Å²) >= 11 is 0. The average molecular weight is 496 g/mol. The molecule has 1 aliphatic carbocycles. The Hall–Kier alpha value is -3.36. The largest absolute Gasteiger partial charge is 0.494 e. The monoisotopic (exact) mass is 495 g/mol. The molecule has 0 radical (unpaired) electrons. The van der Waals surface area contributed by atoms with E-state index in [9.17, 15) is 14.4 Å². The minimum absolute atomic E-state index is 0.143. The van der Waals surface area contributed by atoms with E-state index in [1.54, 1.807) is 14.0 Å². The lowest BCUT2D eigenvalue weighted by Gasteiger charge is -2.41.